The molecule has 1 unspecified atom stereocenters. The second kappa shape index (κ2) is 7.21. The van der Waals surface area contributed by atoms with Gasteiger partial charge in [0, 0.05) is 5.69 Å². The summed E-state index contributed by atoms with van der Waals surface area (Å²) in [6, 6.07) is 31.2. The second-order valence-electron chi connectivity index (χ2n) is 7.00. The standard InChI is InChI=1S/C25H25N/c1-3-23(20-12-6-4-7-13-20)26-24-17-11-10-16-22(24)18-19(2)25(26)21-14-8-5-9-15-21/h4-18,23,25H,3H2,1-2H3/t23?,25-/m0/s1. The molecule has 0 saturated heterocycles. The summed E-state index contributed by atoms with van der Waals surface area (Å²) in [5, 5.41) is 0. The zero-order valence-corrected chi connectivity index (χ0v) is 15.5. The van der Waals surface area contributed by atoms with Crippen LogP contribution < -0.4 is 4.90 Å². The molecule has 0 saturated carbocycles. The minimum atomic E-state index is 0.260. The van der Waals surface area contributed by atoms with Crippen LogP contribution in [-0.4, -0.2) is 0 Å². The molecule has 1 heteroatoms. The highest BCUT2D eigenvalue weighted by Crippen LogP contribution is 2.46. The molecule has 1 heterocycles. The van der Waals surface area contributed by atoms with E-state index in [0.29, 0.717) is 6.04 Å². The maximum atomic E-state index is 2.62. The molecule has 0 radical (unpaired) electrons. The van der Waals surface area contributed by atoms with Crippen LogP contribution in [0.25, 0.3) is 6.08 Å². The van der Waals surface area contributed by atoms with E-state index in [1.807, 2.05) is 0 Å². The van der Waals surface area contributed by atoms with Crippen molar-refractivity contribution in [1.82, 2.24) is 0 Å². The van der Waals surface area contributed by atoms with Crippen molar-refractivity contribution in [1.29, 1.82) is 0 Å². The lowest BCUT2D eigenvalue weighted by Gasteiger charge is -2.44. The van der Waals surface area contributed by atoms with Gasteiger partial charge in [-0.25, -0.2) is 0 Å². The van der Waals surface area contributed by atoms with Crippen LogP contribution in [-0.2, 0) is 0 Å². The molecular formula is C25H25N. The topological polar surface area (TPSA) is 3.24 Å². The first-order chi connectivity index (χ1) is 12.8. The van der Waals surface area contributed by atoms with E-state index in [4.69, 9.17) is 0 Å². The van der Waals surface area contributed by atoms with E-state index < -0.39 is 0 Å². The lowest BCUT2D eigenvalue weighted by Crippen LogP contribution is -2.35. The Morgan fingerprint density at radius 2 is 1.42 bits per heavy atom. The van der Waals surface area contributed by atoms with Crippen molar-refractivity contribution in [3.63, 3.8) is 0 Å². The monoisotopic (exact) mass is 339 g/mol. The second-order valence-corrected chi connectivity index (χ2v) is 7.00. The fourth-order valence-electron chi connectivity index (χ4n) is 4.20. The average Bonchev–Trinajstić information content (AvgIpc) is 2.70. The van der Waals surface area contributed by atoms with Crippen molar-refractivity contribution in [2.75, 3.05) is 4.90 Å². The zero-order valence-electron chi connectivity index (χ0n) is 15.5. The van der Waals surface area contributed by atoms with Crippen molar-refractivity contribution in [3.8, 4) is 0 Å². The molecule has 0 spiro atoms. The number of nitrogens with zero attached hydrogens (tertiary/aromatic N) is 1. The van der Waals surface area contributed by atoms with Gasteiger partial charge < -0.3 is 4.90 Å². The number of rotatable bonds is 4. The average molecular weight is 339 g/mol. The van der Waals surface area contributed by atoms with Crippen LogP contribution in [0.2, 0.25) is 0 Å². The SMILES string of the molecule is CCC(c1ccccc1)N1c2ccccc2C=C(C)[C@H]1c1ccccc1. The van der Waals surface area contributed by atoms with Crippen molar-refractivity contribution in [2.24, 2.45) is 0 Å². The fraction of sp³-hybridized carbons (Fsp3) is 0.200. The molecule has 1 aliphatic rings. The minimum Gasteiger partial charge on any atom is -0.353 e. The number of fused-ring (bicyclic) bond motifs is 1. The number of anilines is 1. The molecule has 26 heavy (non-hydrogen) atoms. The van der Waals surface area contributed by atoms with E-state index in [0.717, 1.165) is 6.42 Å². The molecule has 3 aromatic carbocycles. The van der Waals surface area contributed by atoms with Gasteiger partial charge in [-0.05, 0) is 41.7 Å². The third kappa shape index (κ3) is 2.94. The number of hydrogen-bond donors (Lipinski definition) is 0. The van der Waals surface area contributed by atoms with Crippen LogP contribution in [0.15, 0.2) is 90.5 Å². The van der Waals surface area contributed by atoms with Gasteiger partial charge >= 0.3 is 0 Å². The Hall–Kier alpha value is -2.80. The van der Waals surface area contributed by atoms with Gasteiger partial charge in [0.2, 0.25) is 0 Å². The van der Waals surface area contributed by atoms with Gasteiger partial charge in [0.05, 0.1) is 12.1 Å². The third-order valence-corrected chi connectivity index (χ3v) is 5.33. The predicted octanol–water partition coefficient (Wildman–Crippen LogP) is 6.80. The van der Waals surface area contributed by atoms with E-state index in [-0.39, 0.29) is 6.04 Å². The fourth-order valence-corrected chi connectivity index (χ4v) is 4.20. The van der Waals surface area contributed by atoms with Gasteiger partial charge in [0.1, 0.15) is 0 Å². The number of benzene rings is 3. The third-order valence-electron chi connectivity index (χ3n) is 5.33. The van der Waals surface area contributed by atoms with Crippen molar-refractivity contribution >= 4 is 11.8 Å². The predicted molar refractivity (Wildman–Crippen MR) is 111 cm³/mol. The summed E-state index contributed by atoms with van der Waals surface area (Å²) in [5.41, 5.74) is 6.75. The van der Waals surface area contributed by atoms with Gasteiger partial charge in [0.25, 0.3) is 0 Å². The van der Waals surface area contributed by atoms with Gasteiger partial charge in [-0.3, -0.25) is 0 Å². The first-order valence-electron chi connectivity index (χ1n) is 9.45. The quantitative estimate of drug-likeness (QED) is 0.505. The first kappa shape index (κ1) is 16.7. The molecule has 0 amide bonds. The summed E-state index contributed by atoms with van der Waals surface area (Å²) in [5.74, 6) is 0. The Kier molecular flexibility index (Phi) is 4.62. The summed E-state index contributed by atoms with van der Waals surface area (Å²) >= 11 is 0. The molecule has 4 rings (SSSR count). The molecule has 0 aromatic heterocycles. The molecule has 0 fully saturated rings. The van der Waals surface area contributed by atoms with E-state index >= 15 is 0 Å². The highest BCUT2D eigenvalue weighted by molar-refractivity contribution is 5.75. The Bertz CT molecular complexity index is 896. The van der Waals surface area contributed by atoms with Gasteiger partial charge in [-0.2, -0.15) is 0 Å². The highest BCUT2D eigenvalue weighted by Gasteiger charge is 2.32. The minimum absolute atomic E-state index is 0.260. The molecule has 130 valence electrons. The first-order valence-corrected chi connectivity index (χ1v) is 9.45. The van der Waals surface area contributed by atoms with Crippen molar-refractivity contribution < 1.29 is 0 Å². The Labute approximate surface area is 156 Å². The van der Waals surface area contributed by atoms with E-state index in [1.54, 1.807) is 0 Å². The van der Waals surface area contributed by atoms with Crippen LogP contribution in [0.3, 0.4) is 0 Å². The summed E-state index contributed by atoms with van der Waals surface area (Å²) in [7, 11) is 0. The maximum Gasteiger partial charge on any atom is 0.0763 e. The highest BCUT2D eigenvalue weighted by atomic mass is 15.2. The summed E-state index contributed by atoms with van der Waals surface area (Å²) in [6.45, 7) is 4.55. The van der Waals surface area contributed by atoms with Gasteiger partial charge in [-0.15, -0.1) is 0 Å². The summed E-state index contributed by atoms with van der Waals surface area (Å²) < 4.78 is 0. The molecule has 0 N–H and O–H groups in total. The zero-order chi connectivity index (χ0) is 17.9. The van der Waals surface area contributed by atoms with E-state index in [1.165, 1.54) is 28.0 Å². The molecule has 0 bridgehead atoms. The number of para-hydroxylation sites is 1. The van der Waals surface area contributed by atoms with Crippen molar-refractivity contribution in [2.45, 2.75) is 32.4 Å². The van der Waals surface area contributed by atoms with Crippen molar-refractivity contribution in [3.05, 3.63) is 107 Å². The molecule has 1 aliphatic heterocycles. The lowest BCUT2D eigenvalue weighted by molar-refractivity contribution is 0.550. The maximum absolute atomic E-state index is 2.62. The van der Waals surface area contributed by atoms with Crippen LogP contribution in [0, 0.1) is 0 Å². The normalized spacial score (nSPS) is 17.4. The summed E-state index contributed by atoms with van der Waals surface area (Å²) in [4.78, 5) is 2.62. The molecule has 0 aliphatic carbocycles. The molecule has 2 atom stereocenters. The Morgan fingerprint density at radius 3 is 2.12 bits per heavy atom. The summed E-state index contributed by atoms with van der Waals surface area (Å²) in [6.07, 6.45) is 3.41. The Balaban J connectivity index is 1.90. The lowest BCUT2D eigenvalue weighted by atomic mass is 9.87. The molecular weight excluding hydrogens is 314 g/mol. The smallest absolute Gasteiger partial charge is 0.0763 e. The van der Waals surface area contributed by atoms with Gasteiger partial charge in [-0.1, -0.05) is 91.9 Å². The Morgan fingerprint density at radius 1 is 0.808 bits per heavy atom. The molecule has 1 nitrogen and oxygen atoms in total. The van der Waals surface area contributed by atoms with Crippen LogP contribution in [0.4, 0.5) is 5.69 Å². The number of hydrogen-bond acceptors (Lipinski definition) is 1. The van der Waals surface area contributed by atoms with Gasteiger partial charge in [0.15, 0.2) is 0 Å². The van der Waals surface area contributed by atoms with Crippen LogP contribution in [0.5, 0.6) is 0 Å². The van der Waals surface area contributed by atoms with E-state index in [2.05, 4.69) is 110 Å². The largest absolute Gasteiger partial charge is 0.353 e. The van der Waals surface area contributed by atoms with Crippen LogP contribution in [0.1, 0.15) is 49.0 Å². The van der Waals surface area contributed by atoms with E-state index in [9.17, 15) is 0 Å². The molecule has 3 aromatic rings. The van der Waals surface area contributed by atoms with Crippen LogP contribution >= 0.6 is 0 Å².